The minimum absolute atomic E-state index is 0.131. The number of hydrogen-bond acceptors (Lipinski definition) is 6. The Balaban J connectivity index is 1.78. The summed E-state index contributed by atoms with van der Waals surface area (Å²) < 4.78 is 5.39. The van der Waals surface area contributed by atoms with Gasteiger partial charge in [-0.1, -0.05) is 82.0 Å². The van der Waals surface area contributed by atoms with Crippen molar-refractivity contribution < 1.29 is 33.8 Å². The van der Waals surface area contributed by atoms with Crippen LogP contribution in [0.5, 0.6) is 0 Å². The highest BCUT2D eigenvalue weighted by Gasteiger charge is 2.50. The van der Waals surface area contributed by atoms with Gasteiger partial charge in [-0.3, -0.25) is 24.5 Å². The van der Waals surface area contributed by atoms with Crippen LogP contribution in [0, 0.1) is 0 Å². The summed E-state index contributed by atoms with van der Waals surface area (Å²) in [6.45, 7) is 6.00. The SMILES string of the molecule is CCCCCC(=O)NC(Cc1ccc(NC(=O)O)cc1)C(=O)NC(CCCC)C(=O)NC(Cc1ccccc1)C(=O)[C@@]1(C)CO1. The molecular formula is C34H46N4O7. The van der Waals surface area contributed by atoms with E-state index in [1.165, 1.54) is 0 Å². The maximum absolute atomic E-state index is 13.7. The number of unbranched alkanes of at least 4 members (excludes halogenated alkanes) is 3. The lowest BCUT2D eigenvalue weighted by atomic mass is 9.94. The number of ketones is 1. The molecule has 244 valence electrons. The van der Waals surface area contributed by atoms with Crippen molar-refractivity contribution in [2.75, 3.05) is 11.9 Å². The molecule has 0 radical (unpaired) electrons. The molecule has 1 fully saturated rings. The van der Waals surface area contributed by atoms with Gasteiger partial charge in [0.25, 0.3) is 0 Å². The molecular weight excluding hydrogens is 576 g/mol. The highest BCUT2D eigenvalue weighted by atomic mass is 16.6. The van der Waals surface area contributed by atoms with Crippen LogP contribution in [0.2, 0.25) is 0 Å². The molecule has 0 bridgehead atoms. The van der Waals surface area contributed by atoms with Crippen LogP contribution < -0.4 is 21.3 Å². The summed E-state index contributed by atoms with van der Waals surface area (Å²) in [5, 5.41) is 19.8. The number of epoxide rings is 1. The molecule has 0 aromatic heterocycles. The summed E-state index contributed by atoms with van der Waals surface area (Å²) in [6, 6.07) is 13.1. The summed E-state index contributed by atoms with van der Waals surface area (Å²) in [7, 11) is 0. The Morgan fingerprint density at radius 1 is 0.778 bits per heavy atom. The Kier molecular flexibility index (Phi) is 13.5. The molecule has 1 aliphatic rings. The maximum atomic E-state index is 13.7. The van der Waals surface area contributed by atoms with E-state index in [1.54, 1.807) is 31.2 Å². The van der Waals surface area contributed by atoms with E-state index >= 15 is 0 Å². The fraction of sp³-hybridized carbons (Fsp3) is 0.500. The summed E-state index contributed by atoms with van der Waals surface area (Å²) >= 11 is 0. The van der Waals surface area contributed by atoms with Crippen LogP contribution in [-0.4, -0.2) is 65.0 Å². The third-order valence-electron chi connectivity index (χ3n) is 7.80. The van der Waals surface area contributed by atoms with E-state index in [-0.39, 0.29) is 37.6 Å². The van der Waals surface area contributed by atoms with E-state index in [0.29, 0.717) is 30.5 Å². The zero-order chi connectivity index (χ0) is 32.8. The van der Waals surface area contributed by atoms with Gasteiger partial charge < -0.3 is 25.8 Å². The Morgan fingerprint density at radius 3 is 1.96 bits per heavy atom. The molecule has 1 saturated heterocycles. The summed E-state index contributed by atoms with van der Waals surface area (Å²) in [4.78, 5) is 64.5. The van der Waals surface area contributed by atoms with Gasteiger partial charge in [-0.25, -0.2) is 4.79 Å². The van der Waals surface area contributed by atoms with Gasteiger partial charge in [0.05, 0.1) is 12.6 Å². The lowest BCUT2D eigenvalue weighted by Crippen LogP contribution is -2.57. The van der Waals surface area contributed by atoms with Crippen molar-refractivity contribution >= 4 is 35.3 Å². The molecule has 5 N–H and O–H groups in total. The zero-order valence-corrected chi connectivity index (χ0v) is 26.4. The van der Waals surface area contributed by atoms with Crippen molar-refractivity contribution in [1.82, 2.24) is 16.0 Å². The van der Waals surface area contributed by atoms with E-state index in [9.17, 15) is 24.0 Å². The molecule has 0 saturated carbocycles. The monoisotopic (exact) mass is 622 g/mol. The average molecular weight is 623 g/mol. The molecule has 0 spiro atoms. The van der Waals surface area contributed by atoms with Crippen LogP contribution in [0.4, 0.5) is 10.5 Å². The van der Waals surface area contributed by atoms with E-state index < -0.39 is 41.6 Å². The second kappa shape index (κ2) is 17.3. The zero-order valence-electron chi connectivity index (χ0n) is 26.4. The quantitative estimate of drug-likeness (QED) is 0.116. The van der Waals surface area contributed by atoms with E-state index in [0.717, 1.165) is 24.8 Å². The highest BCUT2D eigenvalue weighted by molar-refractivity contribution is 5.98. The average Bonchev–Trinajstić information content (AvgIpc) is 3.77. The Morgan fingerprint density at radius 2 is 1.36 bits per heavy atom. The van der Waals surface area contributed by atoms with Gasteiger partial charge >= 0.3 is 6.09 Å². The van der Waals surface area contributed by atoms with Crippen LogP contribution in [0.1, 0.15) is 76.8 Å². The van der Waals surface area contributed by atoms with Gasteiger partial charge in [0.2, 0.25) is 17.7 Å². The first-order chi connectivity index (χ1) is 21.5. The third-order valence-corrected chi connectivity index (χ3v) is 7.80. The summed E-state index contributed by atoms with van der Waals surface area (Å²) in [6.07, 6.45) is 3.79. The summed E-state index contributed by atoms with van der Waals surface area (Å²) in [5.74, 6) is -1.49. The van der Waals surface area contributed by atoms with Gasteiger partial charge in [0, 0.05) is 18.5 Å². The third kappa shape index (κ3) is 11.6. The van der Waals surface area contributed by atoms with Crippen molar-refractivity contribution in [3.63, 3.8) is 0 Å². The number of anilines is 1. The molecule has 0 aliphatic carbocycles. The van der Waals surface area contributed by atoms with Crippen LogP contribution in [0.3, 0.4) is 0 Å². The van der Waals surface area contributed by atoms with Gasteiger partial charge in [-0.05, 0) is 49.4 Å². The van der Waals surface area contributed by atoms with Crippen molar-refractivity contribution in [3.05, 3.63) is 65.7 Å². The van der Waals surface area contributed by atoms with Crippen molar-refractivity contribution in [2.45, 2.75) is 102 Å². The fourth-order valence-electron chi connectivity index (χ4n) is 4.99. The Labute approximate surface area is 264 Å². The number of amides is 4. The molecule has 3 rings (SSSR count). The van der Waals surface area contributed by atoms with E-state index in [2.05, 4.69) is 21.3 Å². The van der Waals surface area contributed by atoms with Gasteiger partial charge in [-0.15, -0.1) is 0 Å². The van der Waals surface area contributed by atoms with Crippen LogP contribution >= 0.6 is 0 Å². The first kappa shape index (κ1) is 35.2. The second-order valence-electron chi connectivity index (χ2n) is 11.7. The Bertz CT molecular complexity index is 1300. The predicted molar refractivity (Wildman–Crippen MR) is 171 cm³/mol. The highest BCUT2D eigenvalue weighted by Crippen LogP contribution is 2.29. The van der Waals surface area contributed by atoms with Crippen LogP contribution in [0.15, 0.2) is 54.6 Å². The number of carbonyl (C=O) groups excluding carboxylic acids is 4. The van der Waals surface area contributed by atoms with Gasteiger partial charge in [-0.2, -0.15) is 0 Å². The molecule has 1 aliphatic heterocycles. The number of nitrogens with one attached hydrogen (secondary N) is 4. The minimum atomic E-state index is -1.19. The standard InChI is InChI=1S/C34H46N4O7/c1-4-6-9-15-29(39)36-28(21-24-16-18-25(19-17-24)35-33(43)44)32(42)37-26(14-7-5-2)31(41)38-27(30(40)34(3)22-45-34)20-23-12-10-8-11-13-23/h8,10-13,16-19,26-28,35H,4-7,9,14-15,20-22H2,1-3H3,(H,36,39)(H,37,42)(H,38,41)(H,43,44)/t26?,27?,28?,34-/m1/s1. The lowest BCUT2D eigenvalue weighted by molar-refractivity contribution is -0.134. The van der Waals surface area contributed by atoms with Crippen molar-refractivity contribution in [3.8, 4) is 0 Å². The first-order valence-corrected chi connectivity index (χ1v) is 15.8. The van der Waals surface area contributed by atoms with E-state index in [1.807, 2.05) is 44.2 Å². The molecule has 2 aromatic rings. The van der Waals surface area contributed by atoms with E-state index in [4.69, 9.17) is 9.84 Å². The minimum Gasteiger partial charge on any atom is -0.465 e. The number of carbonyl (C=O) groups is 5. The topological polar surface area (TPSA) is 166 Å². The second-order valence-corrected chi connectivity index (χ2v) is 11.7. The number of Topliss-reactive ketones (excluding diaryl/α,β-unsaturated/α-hetero) is 1. The lowest BCUT2D eigenvalue weighted by Gasteiger charge is -2.26. The number of hydrogen-bond donors (Lipinski definition) is 5. The molecule has 4 atom stereocenters. The molecule has 1 heterocycles. The Hall–Kier alpha value is -4.25. The fourth-order valence-corrected chi connectivity index (χ4v) is 4.99. The molecule has 3 unspecified atom stereocenters. The maximum Gasteiger partial charge on any atom is 0.409 e. The molecule has 4 amide bonds. The van der Waals surface area contributed by atoms with Gasteiger partial charge in [0.1, 0.15) is 17.7 Å². The number of ether oxygens (including phenoxy) is 1. The number of rotatable bonds is 19. The van der Waals surface area contributed by atoms with Crippen LogP contribution in [-0.2, 0) is 36.8 Å². The largest absolute Gasteiger partial charge is 0.465 e. The smallest absolute Gasteiger partial charge is 0.409 e. The van der Waals surface area contributed by atoms with Crippen molar-refractivity contribution in [1.29, 1.82) is 0 Å². The first-order valence-electron chi connectivity index (χ1n) is 15.8. The summed E-state index contributed by atoms with van der Waals surface area (Å²) in [5.41, 5.74) is 1.00. The number of benzene rings is 2. The number of carboxylic acid groups (broad SMARTS) is 1. The molecule has 2 aromatic carbocycles. The predicted octanol–water partition coefficient (Wildman–Crippen LogP) is 4.14. The van der Waals surface area contributed by atoms with Crippen molar-refractivity contribution in [2.24, 2.45) is 0 Å². The van der Waals surface area contributed by atoms with Crippen LogP contribution in [0.25, 0.3) is 0 Å². The normalized spacial score (nSPS) is 17.3. The molecule has 11 heteroatoms. The molecule has 45 heavy (non-hydrogen) atoms. The molecule has 11 nitrogen and oxygen atoms in total. The van der Waals surface area contributed by atoms with Gasteiger partial charge in [0.15, 0.2) is 5.78 Å².